The van der Waals surface area contributed by atoms with Gasteiger partial charge in [-0.25, -0.2) is 4.39 Å². The molecule has 0 aliphatic carbocycles. The van der Waals surface area contributed by atoms with E-state index in [-0.39, 0.29) is 5.82 Å². The van der Waals surface area contributed by atoms with Gasteiger partial charge in [-0.05, 0) is 91.3 Å². The highest BCUT2D eigenvalue weighted by Gasteiger charge is 2.07. The van der Waals surface area contributed by atoms with E-state index in [4.69, 9.17) is 0 Å². The van der Waals surface area contributed by atoms with Crippen molar-refractivity contribution in [2.24, 2.45) is 0 Å². The number of allylic oxidation sites excluding steroid dienone is 2. The van der Waals surface area contributed by atoms with Crippen molar-refractivity contribution in [1.29, 1.82) is 0 Å². The summed E-state index contributed by atoms with van der Waals surface area (Å²) in [6, 6.07) is 27.2. The van der Waals surface area contributed by atoms with Crippen molar-refractivity contribution in [2.75, 3.05) is 0 Å². The van der Waals surface area contributed by atoms with E-state index in [2.05, 4.69) is 79.4 Å². The number of benzene rings is 4. The van der Waals surface area contributed by atoms with E-state index in [0.29, 0.717) is 10.9 Å². The number of fused-ring (bicyclic) bond motifs is 1. The molecule has 0 heterocycles. The fourth-order valence-electron chi connectivity index (χ4n) is 4.82. The Morgan fingerprint density at radius 2 is 1.32 bits per heavy atom. The predicted octanol–water partition coefficient (Wildman–Crippen LogP) is 9.80. The summed E-state index contributed by atoms with van der Waals surface area (Å²) in [4.78, 5) is 0. The van der Waals surface area contributed by atoms with E-state index in [1.807, 2.05) is 31.2 Å². The lowest BCUT2D eigenvalue weighted by Crippen LogP contribution is -1.94. The summed E-state index contributed by atoms with van der Waals surface area (Å²) in [6.07, 6.45) is 14.6. The van der Waals surface area contributed by atoms with Crippen molar-refractivity contribution < 1.29 is 4.39 Å². The fraction of sp³-hybridized carbons (Fsp3) is 0.297. The number of unbranched alkanes of at least 4 members (excludes halogenated alkanes) is 3. The van der Waals surface area contributed by atoms with Gasteiger partial charge in [-0.3, -0.25) is 0 Å². The van der Waals surface area contributed by atoms with Gasteiger partial charge in [0.25, 0.3) is 0 Å². The molecule has 0 saturated carbocycles. The number of hydrogen-bond acceptors (Lipinski definition) is 0. The van der Waals surface area contributed by atoms with Crippen LogP contribution in [0.3, 0.4) is 0 Å². The first-order chi connectivity index (χ1) is 18.7. The molecule has 4 aromatic carbocycles. The molecule has 4 rings (SSSR count). The second-order valence-corrected chi connectivity index (χ2v) is 10.2. The smallest absolute Gasteiger partial charge is 0.146 e. The number of halogens is 1. The van der Waals surface area contributed by atoms with Crippen LogP contribution in [0.5, 0.6) is 0 Å². The highest BCUT2D eigenvalue weighted by molar-refractivity contribution is 5.85. The van der Waals surface area contributed by atoms with Gasteiger partial charge < -0.3 is 0 Å². The predicted molar refractivity (Wildman–Crippen MR) is 161 cm³/mol. The van der Waals surface area contributed by atoms with Gasteiger partial charge in [0.2, 0.25) is 0 Å². The van der Waals surface area contributed by atoms with Crippen molar-refractivity contribution >= 4 is 10.8 Å². The Labute approximate surface area is 228 Å². The number of rotatable bonds is 11. The molecule has 1 heteroatoms. The van der Waals surface area contributed by atoms with Crippen LogP contribution in [0.2, 0.25) is 0 Å². The molecule has 0 bridgehead atoms. The molecule has 0 N–H and O–H groups in total. The van der Waals surface area contributed by atoms with Crippen molar-refractivity contribution in [1.82, 2.24) is 0 Å². The summed E-state index contributed by atoms with van der Waals surface area (Å²) in [5.74, 6) is 5.93. The molecule has 194 valence electrons. The molecule has 4 aromatic rings. The third-order valence-corrected chi connectivity index (χ3v) is 7.19. The Bertz CT molecular complexity index is 1400. The molecule has 0 saturated heterocycles. The van der Waals surface area contributed by atoms with Gasteiger partial charge in [-0.1, -0.05) is 111 Å². The average Bonchev–Trinajstić information content (AvgIpc) is 2.95. The second-order valence-electron chi connectivity index (χ2n) is 10.2. The van der Waals surface area contributed by atoms with Gasteiger partial charge in [0.05, 0.1) is 5.56 Å². The topological polar surface area (TPSA) is 0 Å². The molecule has 0 atom stereocenters. The molecule has 0 fully saturated rings. The lowest BCUT2D eigenvalue weighted by atomic mass is 9.98. The largest absolute Gasteiger partial charge is 0.205 e. The van der Waals surface area contributed by atoms with Crippen LogP contribution >= 0.6 is 0 Å². The van der Waals surface area contributed by atoms with E-state index in [0.717, 1.165) is 36.6 Å². The molecular formula is C37H39F. The summed E-state index contributed by atoms with van der Waals surface area (Å²) < 4.78 is 15.3. The standard InChI is InChI=1S/C37H39F/c1-3-5-7-9-11-30-12-16-31(17-13-30)20-21-33-23-27-36-35(28-33)26-25-34(37(36)38)24-22-32-18-14-29(15-19-32)10-8-6-4-2/h4,6,12-19,23,25-28H,3,5,7-11,20-21H2,1-2H3/b6-4+. The zero-order valence-electron chi connectivity index (χ0n) is 22.9. The maximum Gasteiger partial charge on any atom is 0.146 e. The lowest BCUT2D eigenvalue weighted by molar-refractivity contribution is 0.636. The van der Waals surface area contributed by atoms with Crippen LogP contribution < -0.4 is 0 Å². The maximum absolute atomic E-state index is 15.3. The zero-order valence-corrected chi connectivity index (χ0v) is 22.9. The molecular weight excluding hydrogens is 463 g/mol. The van der Waals surface area contributed by atoms with Crippen molar-refractivity contribution in [3.63, 3.8) is 0 Å². The minimum atomic E-state index is -0.237. The fourth-order valence-corrected chi connectivity index (χ4v) is 4.82. The third kappa shape index (κ3) is 7.93. The van der Waals surface area contributed by atoms with Crippen molar-refractivity contribution in [2.45, 2.75) is 71.6 Å². The Kier molecular flexibility index (Phi) is 10.3. The molecule has 0 radical (unpaired) electrons. The molecule has 0 nitrogen and oxygen atoms in total. The molecule has 0 aliphatic rings. The van der Waals surface area contributed by atoms with Gasteiger partial charge in [0.1, 0.15) is 5.82 Å². The average molecular weight is 503 g/mol. The summed E-state index contributed by atoms with van der Waals surface area (Å²) in [5, 5.41) is 1.56. The highest BCUT2D eigenvalue weighted by atomic mass is 19.1. The molecule has 0 amide bonds. The van der Waals surface area contributed by atoms with Crippen LogP contribution in [0, 0.1) is 17.7 Å². The van der Waals surface area contributed by atoms with Crippen LogP contribution in [0.25, 0.3) is 10.8 Å². The van der Waals surface area contributed by atoms with E-state index in [1.165, 1.54) is 54.4 Å². The van der Waals surface area contributed by atoms with Gasteiger partial charge in [0.15, 0.2) is 0 Å². The summed E-state index contributed by atoms with van der Waals surface area (Å²) in [6.45, 7) is 4.29. The van der Waals surface area contributed by atoms with Crippen LogP contribution in [-0.2, 0) is 25.7 Å². The monoisotopic (exact) mass is 502 g/mol. The molecule has 0 unspecified atom stereocenters. The Morgan fingerprint density at radius 3 is 2.05 bits per heavy atom. The van der Waals surface area contributed by atoms with Crippen LogP contribution in [-0.4, -0.2) is 0 Å². The molecule has 38 heavy (non-hydrogen) atoms. The number of aryl methyl sites for hydroxylation is 4. The maximum atomic E-state index is 15.3. The quantitative estimate of drug-likeness (QED) is 0.109. The Morgan fingerprint density at radius 1 is 0.658 bits per heavy atom. The lowest BCUT2D eigenvalue weighted by Gasteiger charge is -2.07. The van der Waals surface area contributed by atoms with E-state index < -0.39 is 0 Å². The Hall–Kier alpha value is -3.63. The van der Waals surface area contributed by atoms with E-state index in [1.54, 1.807) is 6.07 Å². The molecule has 0 spiro atoms. The first-order valence-electron chi connectivity index (χ1n) is 14.2. The van der Waals surface area contributed by atoms with Crippen LogP contribution in [0.15, 0.2) is 91.0 Å². The molecule has 0 aromatic heterocycles. The first kappa shape index (κ1) is 27.4. The van der Waals surface area contributed by atoms with Crippen LogP contribution in [0.4, 0.5) is 4.39 Å². The third-order valence-electron chi connectivity index (χ3n) is 7.19. The minimum absolute atomic E-state index is 0.237. The van der Waals surface area contributed by atoms with Gasteiger partial charge in [0, 0.05) is 10.9 Å². The second kappa shape index (κ2) is 14.3. The normalized spacial score (nSPS) is 11.1. The Balaban J connectivity index is 1.37. The van der Waals surface area contributed by atoms with Gasteiger partial charge in [-0.15, -0.1) is 0 Å². The SMILES string of the molecule is C/C=C/CCc1ccc(C#Cc2ccc3cc(CCc4ccc(CCCCCC)cc4)ccc3c2F)cc1. The number of hydrogen-bond donors (Lipinski definition) is 0. The minimum Gasteiger partial charge on any atom is -0.205 e. The van der Waals surface area contributed by atoms with E-state index in [9.17, 15) is 0 Å². The van der Waals surface area contributed by atoms with Gasteiger partial charge >= 0.3 is 0 Å². The van der Waals surface area contributed by atoms with E-state index >= 15 is 4.39 Å². The zero-order chi connectivity index (χ0) is 26.6. The van der Waals surface area contributed by atoms with Crippen molar-refractivity contribution in [3.8, 4) is 11.8 Å². The summed E-state index contributed by atoms with van der Waals surface area (Å²) in [7, 11) is 0. The summed E-state index contributed by atoms with van der Waals surface area (Å²) >= 11 is 0. The van der Waals surface area contributed by atoms with Crippen LogP contribution in [0.1, 0.15) is 79.3 Å². The van der Waals surface area contributed by atoms with Crippen molar-refractivity contribution in [3.05, 3.63) is 130 Å². The first-order valence-corrected chi connectivity index (χ1v) is 14.2. The summed E-state index contributed by atoms with van der Waals surface area (Å²) in [5.41, 5.74) is 6.65. The highest BCUT2D eigenvalue weighted by Crippen LogP contribution is 2.23. The van der Waals surface area contributed by atoms with Gasteiger partial charge in [-0.2, -0.15) is 0 Å². The molecule has 0 aliphatic heterocycles.